The van der Waals surface area contributed by atoms with Crippen molar-refractivity contribution in [1.29, 1.82) is 0 Å². The van der Waals surface area contributed by atoms with E-state index in [1.54, 1.807) is 0 Å². The zero-order valence-electron chi connectivity index (χ0n) is 13.7. The number of rotatable bonds is 2. The second-order valence-electron chi connectivity index (χ2n) is 4.82. The highest BCUT2D eigenvalue weighted by atomic mass is 14.7. The molecular formula is C18H28N2. The molecule has 0 saturated heterocycles. The summed E-state index contributed by atoms with van der Waals surface area (Å²) in [5.41, 5.74) is 2.33. The lowest BCUT2D eigenvalue weighted by Crippen LogP contribution is -1.88. The van der Waals surface area contributed by atoms with Crippen LogP contribution in [0.25, 0.3) is 0 Å². The predicted molar refractivity (Wildman–Crippen MR) is 88.0 cm³/mol. The Morgan fingerprint density at radius 1 is 0.650 bits per heavy atom. The van der Waals surface area contributed by atoms with Crippen LogP contribution < -0.4 is 0 Å². The molecule has 20 heavy (non-hydrogen) atoms. The van der Waals surface area contributed by atoms with E-state index >= 15 is 0 Å². The van der Waals surface area contributed by atoms with Gasteiger partial charge >= 0.3 is 0 Å². The van der Waals surface area contributed by atoms with E-state index in [0.29, 0.717) is 11.8 Å². The lowest BCUT2D eigenvalue weighted by molar-refractivity contribution is 0.823. The molecule has 0 radical (unpaired) electrons. The summed E-state index contributed by atoms with van der Waals surface area (Å²) in [5, 5.41) is 0. The molecule has 0 aromatic carbocycles. The van der Waals surface area contributed by atoms with Gasteiger partial charge < -0.3 is 0 Å². The molecule has 110 valence electrons. The molecule has 2 aromatic heterocycles. The molecule has 2 rings (SSSR count). The minimum Gasteiger partial charge on any atom is -0.261 e. The maximum atomic E-state index is 4.18. The Hall–Kier alpha value is -1.70. The summed E-state index contributed by atoms with van der Waals surface area (Å²) >= 11 is 0. The molecule has 0 atom stereocenters. The van der Waals surface area contributed by atoms with E-state index in [1.807, 2.05) is 62.6 Å². The number of nitrogens with zero attached hydrogens (tertiary/aromatic N) is 2. The molecule has 2 nitrogen and oxygen atoms in total. The Balaban J connectivity index is 0.000000321. The molecule has 0 spiro atoms. The van der Waals surface area contributed by atoms with Crippen LogP contribution in [0.3, 0.4) is 0 Å². The third-order valence-corrected chi connectivity index (χ3v) is 2.56. The first-order chi connectivity index (χ1) is 9.61. The molecule has 0 unspecified atom stereocenters. The van der Waals surface area contributed by atoms with Gasteiger partial charge in [-0.25, -0.2) is 0 Å². The summed E-state index contributed by atoms with van der Waals surface area (Å²) in [6.45, 7) is 12.6. The van der Waals surface area contributed by atoms with Crippen molar-refractivity contribution < 1.29 is 0 Å². The third-order valence-electron chi connectivity index (χ3n) is 2.56. The number of aromatic nitrogens is 2. The second-order valence-corrected chi connectivity index (χ2v) is 4.82. The van der Waals surface area contributed by atoms with Crippen LogP contribution in [0.4, 0.5) is 0 Å². The summed E-state index contributed by atoms with van der Waals surface area (Å²) in [6.07, 6.45) is 3.66. The largest absolute Gasteiger partial charge is 0.261 e. The van der Waals surface area contributed by atoms with Gasteiger partial charge in [0.1, 0.15) is 0 Å². The fourth-order valence-corrected chi connectivity index (χ4v) is 1.43. The van der Waals surface area contributed by atoms with Crippen molar-refractivity contribution in [2.75, 3.05) is 0 Å². The maximum absolute atomic E-state index is 4.18. The second kappa shape index (κ2) is 11.2. The Kier molecular flexibility index (Phi) is 10.2. The fraction of sp³-hybridized carbons (Fsp3) is 0.444. The molecule has 0 aliphatic heterocycles. The topological polar surface area (TPSA) is 25.8 Å². The van der Waals surface area contributed by atoms with Crippen LogP contribution in [-0.2, 0) is 0 Å². The molecule has 0 amide bonds. The van der Waals surface area contributed by atoms with Crippen LogP contribution in [0.2, 0.25) is 0 Å². The van der Waals surface area contributed by atoms with Crippen LogP contribution in [0.15, 0.2) is 48.8 Å². The summed E-state index contributed by atoms with van der Waals surface area (Å²) < 4.78 is 0. The van der Waals surface area contributed by atoms with Crippen molar-refractivity contribution >= 4 is 0 Å². The molecule has 2 heteroatoms. The van der Waals surface area contributed by atoms with Crippen molar-refractivity contribution in [3.8, 4) is 0 Å². The first-order valence-electron chi connectivity index (χ1n) is 7.43. The minimum absolute atomic E-state index is 0.547. The maximum Gasteiger partial charge on any atom is 0.0428 e. The van der Waals surface area contributed by atoms with Gasteiger partial charge in [-0.15, -0.1) is 0 Å². The van der Waals surface area contributed by atoms with E-state index in [1.165, 1.54) is 0 Å². The number of hydrogen-bond acceptors (Lipinski definition) is 2. The quantitative estimate of drug-likeness (QED) is 0.728. The van der Waals surface area contributed by atoms with E-state index in [-0.39, 0.29) is 0 Å². The molecule has 2 aromatic rings. The smallest absolute Gasteiger partial charge is 0.0428 e. The number of hydrogen-bond donors (Lipinski definition) is 0. The average Bonchev–Trinajstić information content (AvgIpc) is 2.51. The van der Waals surface area contributed by atoms with Gasteiger partial charge in [0, 0.05) is 23.8 Å². The molecule has 2 heterocycles. The highest BCUT2D eigenvalue weighted by Crippen LogP contribution is 2.08. The van der Waals surface area contributed by atoms with Crippen LogP contribution in [0, 0.1) is 0 Å². The Bertz CT molecular complexity index is 378. The Labute approximate surface area is 124 Å². The van der Waals surface area contributed by atoms with Crippen molar-refractivity contribution in [3.63, 3.8) is 0 Å². The van der Waals surface area contributed by atoms with Gasteiger partial charge in [-0.2, -0.15) is 0 Å². The summed E-state index contributed by atoms with van der Waals surface area (Å²) in [5.74, 6) is 1.09. The van der Waals surface area contributed by atoms with Crippen molar-refractivity contribution in [3.05, 3.63) is 60.2 Å². The van der Waals surface area contributed by atoms with Crippen molar-refractivity contribution in [1.82, 2.24) is 9.97 Å². The zero-order chi connectivity index (χ0) is 15.4. The van der Waals surface area contributed by atoms with Gasteiger partial charge in [-0.1, -0.05) is 53.7 Å². The standard InChI is InChI=1S/2C8H11N.C2H6/c2*1-7(2)8-5-3-4-6-9-8;1-2/h2*3-7H,1-2H3;1-2H3. The highest BCUT2D eigenvalue weighted by molar-refractivity contribution is 5.07. The summed E-state index contributed by atoms with van der Waals surface area (Å²) in [4.78, 5) is 8.36. The molecule has 0 bridgehead atoms. The zero-order valence-corrected chi connectivity index (χ0v) is 13.7. The first kappa shape index (κ1) is 18.3. The predicted octanol–water partition coefficient (Wildman–Crippen LogP) is 5.44. The van der Waals surface area contributed by atoms with Crippen LogP contribution >= 0.6 is 0 Å². The van der Waals surface area contributed by atoms with E-state index in [4.69, 9.17) is 0 Å². The van der Waals surface area contributed by atoms with Crippen molar-refractivity contribution in [2.45, 2.75) is 53.4 Å². The molecule has 0 N–H and O–H groups in total. The van der Waals surface area contributed by atoms with Gasteiger partial charge in [0.15, 0.2) is 0 Å². The molecule has 0 saturated carbocycles. The van der Waals surface area contributed by atoms with Gasteiger partial charge in [0.2, 0.25) is 0 Å². The van der Waals surface area contributed by atoms with Gasteiger partial charge in [-0.05, 0) is 36.1 Å². The van der Waals surface area contributed by atoms with E-state index < -0.39 is 0 Å². The lowest BCUT2D eigenvalue weighted by Gasteiger charge is -2.00. The first-order valence-corrected chi connectivity index (χ1v) is 7.43. The lowest BCUT2D eigenvalue weighted by atomic mass is 10.1. The number of pyridine rings is 2. The normalized spacial score (nSPS) is 9.40. The monoisotopic (exact) mass is 272 g/mol. The van der Waals surface area contributed by atoms with E-state index in [9.17, 15) is 0 Å². The van der Waals surface area contributed by atoms with E-state index in [0.717, 1.165) is 11.4 Å². The minimum atomic E-state index is 0.547. The SMILES string of the molecule is CC.CC(C)c1ccccn1.CC(C)c1ccccn1. The molecular weight excluding hydrogens is 244 g/mol. The van der Waals surface area contributed by atoms with Crippen molar-refractivity contribution in [2.24, 2.45) is 0 Å². The van der Waals surface area contributed by atoms with Gasteiger partial charge in [0.05, 0.1) is 0 Å². The summed E-state index contributed by atoms with van der Waals surface area (Å²) in [6, 6.07) is 12.0. The molecule has 0 fully saturated rings. The van der Waals surface area contributed by atoms with Crippen LogP contribution in [0.5, 0.6) is 0 Å². The Morgan fingerprint density at radius 3 is 1.15 bits per heavy atom. The van der Waals surface area contributed by atoms with Gasteiger partial charge in [-0.3, -0.25) is 9.97 Å². The summed E-state index contributed by atoms with van der Waals surface area (Å²) in [7, 11) is 0. The van der Waals surface area contributed by atoms with Crippen LogP contribution in [-0.4, -0.2) is 9.97 Å². The average molecular weight is 272 g/mol. The molecule has 0 aliphatic rings. The third kappa shape index (κ3) is 7.67. The van der Waals surface area contributed by atoms with E-state index in [2.05, 4.69) is 37.7 Å². The Morgan fingerprint density at radius 2 is 1.00 bits per heavy atom. The van der Waals surface area contributed by atoms with Crippen LogP contribution in [0.1, 0.15) is 64.8 Å². The molecule has 0 aliphatic carbocycles. The highest BCUT2D eigenvalue weighted by Gasteiger charge is 1.96. The van der Waals surface area contributed by atoms with Gasteiger partial charge in [0.25, 0.3) is 0 Å². The fourth-order valence-electron chi connectivity index (χ4n) is 1.43.